The zero-order valence-electron chi connectivity index (χ0n) is 73.8. The van der Waals surface area contributed by atoms with Crippen LogP contribution in [0.2, 0.25) is 0 Å². The van der Waals surface area contributed by atoms with Crippen molar-refractivity contribution in [1.82, 2.24) is 0 Å². The Bertz CT molecular complexity index is 3390. The number of benzene rings is 8. The van der Waals surface area contributed by atoms with Crippen molar-refractivity contribution in [2.45, 2.75) is 353 Å². The molecule has 0 spiro atoms. The van der Waals surface area contributed by atoms with Crippen LogP contribution in [0.5, 0.6) is 0 Å². The molecule has 0 aliphatic heterocycles. The molecule has 0 N–H and O–H groups in total. The van der Waals surface area contributed by atoms with E-state index in [-0.39, 0.29) is 0 Å². The van der Waals surface area contributed by atoms with E-state index in [1.54, 1.807) is 27.8 Å². The molecular formula is C103H158. The molecule has 0 saturated heterocycles. The van der Waals surface area contributed by atoms with Crippen molar-refractivity contribution >= 4 is 0 Å². The first-order valence-corrected chi connectivity index (χ1v) is 40.8. The van der Waals surface area contributed by atoms with E-state index in [0.717, 1.165) is 24.7 Å². The summed E-state index contributed by atoms with van der Waals surface area (Å²) in [5.41, 5.74) is 33.8. The first-order chi connectivity index (χ1) is 48.0. The quantitative estimate of drug-likeness (QED) is 0.0803. The van der Waals surface area contributed by atoms with Crippen LogP contribution in [0.3, 0.4) is 0 Å². The molecule has 0 unspecified atom stereocenters. The summed E-state index contributed by atoms with van der Waals surface area (Å²) in [5.74, 6) is 9.12. The average molecular weight is 1400 g/mol. The van der Waals surface area contributed by atoms with Gasteiger partial charge in [-0.15, -0.1) is 0 Å². The van der Waals surface area contributed by atoms with Crippen LogP contribution in [0.15, 0.2) is 152 Å². The molecule has 0 atom stereocenters. The molecule has 0 heteroatoms. The van der Waals surface area contributed by atoms with E-state index in [0.29, 0.717) is 71.0 Å². The van der Waals surface area contributed by atoms with Crippen LogP contribution in [0, 0.1) is 60.3 Å². The van der Waals surface area contributed by atoms with E-state index in [2.05, 4.69) is 408 Å². The third kappa shape index (κ3) is 35.1. The first kappa shape index (κ1) is 94.8. The number of hydrogen-bond acceptors (Lipinski definition) is 0. The third-order valence-electron chi connectivity index (χ3n) is 19.4. The van der Waals surface area contributed by atoms with E-state index in [1.807, 2.05) is 0 Å². The van der Waals surface area contributed by atoms with Crippen molar-refractivity contribution in [3.8, 4) is 0 Å². The summed E-state index contributed by atoms with van der Waals surface area (Å²) in [6.07, 6.45) is 4.72. The van der Waals surface area contributed by atoms with Crippen LogP contribution >= 0.6 is 0 Å². The van der Waals surface area contributed by atoms with Crippen LogP contribution in [0.4, 0.5) is 0 Å². The standard InChI is InChI=1S/C17H28.2C15H24.C13H20.3C11H16.C10H14/c1-12(2)10-15-8-7-9-16(11-13(3)4)17(15)14(5)6;1-10(2)13-7-14(11(3)4)9-15(8-13)12(5)6;1-10(2)13-8-7-9-14(11(3)4)15(13)12(5)6;1-5-11-8-7-9-12(6-2)13(11)10(3)4;2*1-8(2)11-6-9(3)5-10(4)7-11;1-8(2)11-7-9(3)5-6-10(11)4;1-8(2)10-6-4-9(3)5-7-10/h7-9,12-14H,10-11H2,1-6H3;2*7-12H,1-6H3;7-10H,5-6H2,1-4H3;3*5-8H,1-4H3;4-8H,1-3H3. The molecule has 0 aliphatic carbocycles. The van der Waals surface area contributed by atoms with Gasteiger partial charge in [0, 0.05) is 0 Å². The Kier molecular flexibility index (Phi) is 44.2. The molecule has 0 saturated carbocycles. The predicted molar refractivity (Wildman–Crippen MR) is 470 cm³/mol. The maximum Gasteiger partial charge on any atom is -0.0213 e. The summed E-state index contributed by atoms with van der Waals surface area (Å²) in [6, 6.07) is 56.3. The van der Waals surface area contributed by atoms with Gasteiger partial charge < -0.3 is 0 Å². The molecule has 0 aromatic heterocycles. The molecular weight excluding hydrogens is 1240 g/mol. The highest BCUT2D eigenvalue weighted by Crippen LogP contribution is 2.34. The van der Waals surface area contributed by atoms with Crippen molar-refractivity contribution < 1.29 is 0 Å². The summed E-state index contributed by atoms with van der Waals surface area (Å²) in [4.78, 5) is 0. The van der Waals surface area contributed by atoms with Crippen LogP contribution in [0.1, 0.15) is 407 Å². The average Bonchev–Trinajstić information content (AvgIpc) is 0.961. The summed E-state index contributed by atoms with van der Waals surface area (Å²) in [6.45, 7) is 83.1. The van der Waals surface area contributed by atoms with Crippen molar-refractivity contribution in [3.63, 3.8) is 0 Å². The van der Waals surface area contributed by atoms with Crippen molar-refractivity contribution in [3.05, 3.63) is 280 Å². The number of rotatable bonds is 18. The fourth-order valence-corrected chi connectivity index (χ4v) is 13.7. The van der Waals surface area contributed by atoms with Gasteiger partial charge in [0.15, 0.2) is 0 Å². The maximum atomic E-state index is 2.36. The van der Waals surface area contributed by atoms with E-state index >= 15 is 0 Å². The smallest absolute Gasteiger partial charge is 0.0213 e. The van der Waals surface area contributed by atoms with Gasteiger partial charge in [0.05, 0.1) is 0 Å². The normalized spacial score (nSPS) is 11.2. The van der Waals surface area contributed by atoms with Gasteiger partial charge in [0.2, 0.25) is 0 Å². The Morgan fingerprint density at radius 1 is 0.204 bits per heavy atom. The number of hydrogen-bond donors (Lipinski definition) is 0. The Morgan fingerprint density at radius 2 is 0.476 bits per heavy atom. The molecule has 0 radical (unpaired) electrons. The molecule has 103 heavy (non-hydrogen) atoms. The van der Waals surface area contributed by atoms with Crippen LogP contribution < -0.4 is 0 Å². The first-order valence-electron chi connectivity index (χ1n) is 40.8. The Labute approximate surface area is 640 Å². The van der Waals surface area contributed by atoms with Gasteiger partial charge in [0.25, 0.3) is 0 Å². The molecule has 570 valence electrons. The Hall–Kier alpha value is -6.24. The minimum absolute atomic E-state index is 0.626. The number of aryl methyl sites for hydroxylation is 9. The molecule has 0 bridgehead atoms. The highest BCUT2D eigenvalue weighted by molar-refractivity contribution is 5.43. The van der Waals surface area contributed by atoms with E-state index in [4.69, 9.17) is 0 Å². The van der Waals surface area contributed by atoms with Gasteiger partial charge in [-0.1, -0.05) is 393 Å². The van der Waals surface area contributed by atoms with Crippen LogP contribution in [-0.2, 0) is 25.7 Å². The van der Waals surface area contributed by atoms with Gasteiger partial charge in [-0.3, -0.25) is 0 Å². The molecule has 8 rings (SSSR count). The lowest BCUT2D eigenvalue weighted by atomic mass is 9.83. The van der Waals surface area contributed by atoms with Gasteiger partial charge in [-0.25, -0.2) is 0 Å². The zero-order chi connectivity index (χ0) is 78.9. The lowest BCUT2D eigenvalue weighted by Crippen LogP contribution is -2.07. The largest absolute Gasteiger partial charge is 0.0625 e. The van der Waals surface area contributed by atoms with Gasteiger partial charge >= 0.3 is 0 Å². The van der Waals surface area contributed by atoms with Gasteiger partial charge in [-0.05, 0) is 252 Å². The molecule has 8 aromatic carbocycles. The maximum absolute atomic E-state index is 2.36. The third-order valence-corrected chi connectivity index (χ3v) is 19.4. The molecule has 0 aliphatic rings. The Balaban J connectivity index is 0.000000592. The second kappa shape index (κ2) is 48.1. The summed E-state index contributed by atoms with van der Waals surface area (Å²) in [7, 11) is 0. The van der Waals surface area contributed by atoms with Crippen LogP contribution in [0.25, 0.3) is 0 Å². The minimum atomic E-state index is 0.626. The highest BCUT2D eigenvalue weighted by atomic mass is 14.2. The lowest BCUT2D eigenvalue weighted by Gasteiger charge is -2.22. The highest BCUT2D eigenvalue weighted by Gasteiger charge is 2.17. The summed E-state index contributed by atoms with van der Waals surface area (Å²) >= 11 is 0. The molecule has 0 nitrogen and oxygen atoms in total. The van der Waals surface area contributed by atoms with Gasteiger partial charge in [-0.2, -0.15) is 0 Å². The Morgan fingerprint density at radius 3 is 0.738 bits per heavy atom. The fraction of sp³-hybridized carbons (Fsp3) is 0.534. The molecule has 0 amide bonds. The monoisotopic (exact) mass is 1400 g/mol. The summed E-state index contributed by atoms with van der Waals surface area (Å²) in [5, 5.41) is 0. The van der Waals surface area contributed by atoms with Crippen molar-refractivity contribution in [2.24, 2.45) is 11.8 Å². The second-order valence-corrected chi connectivity index (χ2v) is 34.6. The van der Waals surface area contributed by atoms with E-state index in [1.165, 1.54) is 113 Å². The molecule has 0 fully saturated rings. The zero-order valence-corrected chi connectivity index (χ0v) is 73.8. The topological polar surface area (TPSA) is 0 Å². The second-order valence-electron chi connectivity index (χ2n) is 34.6. The molecule has 8 aromatic rings. The van der Waals surface area contributed by atoms with E-state index in [9.17, 15) is 0 Å². The van der Waals surface area contributed by atoms with Crippen LogP contribution in [-0.4, -0.2) is 0 Å². The van der Waals surface area contributed by atoms with Crippen molar-refractivity contribution in [1.29, 1.82) is 0 Å². The fourth-order valence-electron chi connectivity index (χ4n) is 13.7. The lowest BCUT2D eigenvalue weighted by molar-refractivity contribution is 0.620. The minimum Gasteiger partial charge on any atom is -0.0625 e. The predicted octanol–water partition coefficient (Wildman–Crippen LogP) is 32.7. The summed E-state index contributed by atoms with van der Waals surface area (Å²) < 4.78 is 0. The van der Waals surface area contributed by atoms with Crippen molar-refractivity contribution in [2.75, 3.05) is 0 Å². The SMILES string of the molecule is CC(C)Cc1cccc(CC(C)C)c1C(C)C.CC(C)c1cc(C(C)C)cc(C(C)C)c1.CC(C)c1cccc(C(C)C)c1C(C)C.CCc1cccc(CC)c1C(C)C.Cc1cc(C)cc(C(C)C)c1.Cc1cc(C)cc(C(C)C)c1.Cc1ccc(C(C)C)cc1.Cc1ccc(C)c(C(C)C)c1. The van der Waals surface area contributed by atoms with E-state index < -0.39 is 0 Å². The van der Waals surface area contributed by atoms with Gasteiger partial charge in [0.1, 0.15) is 0 Å². The molecule has 0 heterocycles.